The van der Waals surface area contributed by atoms with Gasteiger partial charge in [0.2, 0.25) is 6.08 Å². The monoisotopic (exact) mass is 385 g/mol. The molecule has 2 aromatic carbocycles. The van der Waals surface area contributed by atoms with Gasteiger partial charge in [-0.2, -0.15) is 9.67 Å². The number of tetrazole rings is 1. The van der Waals surface area contributed by atoms with Crippen molar-refractivity contribution in [2.24, 2.45) is 4.99 Å². The van der Waals surface area contributed by atoms with Crippen LogP contribution in [0, 0.1) is 11.6 Å². The van der Waals surface area contributed by atoms with Crippen molar-refractivity contribution >= 4 is 35.0 Å². The van der Waals surface area contributed by atoms with E-state index in [0.717, 1.165) is 16.8 Å². The quantitative estimate of drug-likeness (QED) is 0.541. The first-order valence-corrected chi connectivity index (χ1v) is 7.16. The molecule has 0 bridgehead atoms. The molecule has 0 fully saturated rings. The molecule has 0 aliphatic carbocycles. The number of nitrogens with one attached hydrogen (secondary N) is 1. The van der Waals surface area contributed by atoms with Gasteiger partial charge in [-0.1, -0.05) is 23.2 Å². The van der Waals surface area contributed by atoms with E-state index in [1.165, 1.54) is 30.3 Å². The first-order valence-electron chi connectivity index (χ1n) is 6.41. The van der Waals surface area contributed by atoms with Crippen molar-refractivity contribution in [1.82, 2.24) is 20.2 Å². The number of nitrogens with zero attached hydrogens (tertiary/aromatic N) is 4. The van der Waals surface area contributed by atoms with E-state index in [0.29, 0.717) is 0 Å². The summed E-state index contributed by atoms with van der Waals surface area (Å²) in [6, 6.07) is 7.18. The summed E-state index contributed by atoms with van der Waals surface area (Å²) in [6.45, 7) is 0. The highest BCUT2D eigenvalue weighted by Crippen LogP contribution is 2.24. The minimum Gasteiger partial charge on any atom is -0.244 e. The fraction of sp³-hybridized carbons (Fsp3) is 0. The molecule has 0 amide bonds. The van der Waals surface area contributed by atoms with Crippen LogP contribution in [0.1, 0.15) is 0 Å². The van der Waals surface area contributed by atoms with Gasteiger partial charge in [-0.3, -0.25) is 0 Å². The first-order chi connectivity index (χ1) is 11.9. The van der Waals surface area contributed by atoms with E-state index in [1.807, 2.05) is 0 Å². The summed E-state index contributed by atoms with van der Waals surface area (Å²) in [7, 11) is 0. The maximum atomic E-state index is 12.7. The molecule has 1 heterocycles. The fourth-order valence-electron chi connectivity index (χ4n) is 1.63. The molecule has 0 saturated heterocycles. The minimum absolute atomic E-state index is 0.0981. The lowest BCUT2D eigenvalue weighted by Gasteiger charge is -2.00. The number of carbonyl (C=O) groups excluding carboxylic acids is 1. The number of halogens is 4. The van der Waals surface area contributed by atoms with Gasteiger partial charge in [-0.25, -0.2) is 23.5 Å². The van der Waals surface area contributed by atoms with Crippen LogP contribution in [0.25, 0.3) is 5.69 Å². The summed E-state index contributed by atoms with van der Waals surface area (Å²) in [6.07, 6.45) is 1.31. The second kappa shape index (κ2) is 8.29. The van der Waals surface area contributed by atoms with Gasteiger partial charge in [0.05, 0.1) is 21.4 Å². The number of aromatic nitrogens is 4. The Hall–Kier alpha value is -2.87. The molecule has 1 N–H and O–H groups in total. The van der Waals surface area contributed by atoms with Gasteiger partial charge in [-0.05, 0) is 46.8 Å². The molecule has 3 rings (SSSR count). The van der Waals surface area contributed by atoms with Crippen LogP contribution in [0.2, 0.25) is 10.0 Å². The molecule has 7 nitrogen and oxygen atoms in total. The Kier molecular flexibility index (Phi) is 6.13. The predicted octanol–water partition coefficient (Wildman–Crippen LogP) is 3.19. The van der Waals surface area contributed by atoms with Gasteiger partial charge >= 0.3 is 5.69 Å². The number of aliphatic imine (C=N–C) groups is 1. The van der Waals surface area contributed by atoms with E-state index < -0.39 is 17.3 Å². The molecule has 0 unspecified atom stereocenters. The Bertz CT molecular complexity index is 999. The van der Waals surface area contributed by atoms with Crippen LogP contribution < -0.4 is 5.69 Å². The molecule has 0 atom stereocenters. The highest BCUT2D eigenvalue weighted by molar-refractivity contribution is 6.33. The Morgan fingerprint density at radius 3 is 2.24 bits per heavy atom. The van der Waals surface area contributed by atoms with Gasteiger partial charge in [0.1, 0.15) is 11.6 Å². The highest BCUT2D eigenvalue weighted by Gasteiger charge is 2.07. The maximum absolute atomic E-state index is 12.7. The number of benzene rings is 2. The SMILES string of the molecule is O=C=Nc1ccc(F)cc1Cl.O=c1[nH]nnn1-c1ccc(F)cc1Cl. The summed E-state index contributed by atoms with van der Waals surface area (Å²) in [5.74, 6) is -0.935. The number of H-pyrrole nitrogens is 1. The third-order valence-electron chi connectivity index (χ3n) is 2.69. The zero-order chi connectivity index (χ0) is 18.4. The molecule has 1 aromatic heterocycles. The molecule has 25 heavy (non-hydrogen) atoms. The molecule has 0 aliphatic heterocycles. The number of rotatable bonds is 2. The largest absolute Gasteiger partial charge is 0.365 e. The number of aromatic amines is 1. The molecular weight excluding hydrogens is 379 g/mol. The lowest BCUT2D eigenvalue weighted by atomic mass is 10.3. The minimum atomic E-state index is -0.529. The van der Waals surface area contributed by atoms with Crippen molar-refractivity contribution in [3.05, 3.63) is 68.6 Å². The zero-order valence-electron chi connectivity index (χ0n) is 12.1. The van der Waals surface area contributed by atoms with Crippen LogP contribution in [0.4, 0.5) is 14.5 Å². The summed E-state index contributed by atoms with van der Waals surface area (Å²) in [4.78, 5) is 24.1. The average molecular weight is 386 g/mol. The number of hydrogen-bond donors (Lipinski definition) is 1. The first kappa shape index (κ1) is 18.5. The lowest BCUT2D eigenvalue weighted by Crippen LogP contribution is -2.16. The summed E-state index contributed by atoms with van der Waals surface area (Å²) >= 11 is 11.2. The Morgan fingerprint density at radius 1 is 1.08 bits per heavy atom. The van der Waals surface area contributed by atoms with E-state index in [2.05, 4.69) is 20.5 Å². The Morgan fingerprint density at radius 2 is 1.72 bits per heavy atom. The van der Waals surface area contributed by atoms with Crippen LogP contribution in [-0.2, 0) is 4.79 Å². The molecule has 0 radical (unpaired) electrons. The molecule has 0 aliphatic rings. The standard InChI is InChI=1S/C7H4ClFN4O.C7H3ClFNO/c8-5-3-4(9)1-2-6(5)13-7(14)10-11-12-13;8-6-3-5(9)1-2-7(6)10-4-11/h1-3H,(H,10,12,14);1-3H. The number of hydrogen-bond acceptors (Lipinski definition) is 5. The second-order valence-electron chi connectivity index (χ2n) is 4.31. The van der Waals surface area contributed by atoms with Crippen molar-refractivity contribution in [2.45, 2.75) is 0 Å². The third kappa shape index (κ3) is 4.80. The zero-order valence-corrected chi connectivity index (χ0v) is 13.6. The molecule has 0 spiro atoms. The van der Waals surface area contributed by atoms with Crippen molar-refractivity contribution in [3.8, 4) is 5.69 Å². The topological polar surface area (TPSA) is 93.0 Å². The van der Waals surface area contributed by atoms with E-state index in [-0.39, 0.29) is 21.4 Å². The van der Waals surface area contributed by atoms with E-state index in [4.69, 9.17) is 23.2 Å². The summed E-state index contributed by atoms with van der Waals surface area (Å²) in [5, 5.41) is 9.06. The molecule has 3 aromatic rings. The average Bonchev–Trinajstić information content (AvgIpc) is 2.97. The van der Waals surface area contributed by atoms with Crippen molar-refractivity contribution in [2.75, 3.05) is 0 Å². The fourth-order valence-corrected chi connectivity index (χ4v) is 2.09. The number of isocyanates is 1. The molecule has 128 valence electrons. The Labute approximate surface area is 148 Å². The maximum Gasteiger partial charge on any atom is 0.365 e. The third-order valence-corrected chi connectivity index (χ3v) is 3.29. The second-order valence-corrected chi connectivity index (χ2v) is 5.13. The van der Waals surface area contributed by atoms with Crippen LogP contribution in [0.15, 0.2) is 46.2 Å². The lowest BCUT2D eigenvalue weighted by molar-refractivity contribution is 0.565. The molecular formula is C14H7Cl2F2N5O2. The van der Waals surface area contributed by atoms with Gasteiger partial charge in [0.15, 0.2) is 0 Å². The molecule has 0 saturated carbocycles. The summed E-state index contributed by atoms with van der Waals surface area (Å²) in [5.41, 5.74) is -0.0200. The van der Waals surface area contributed by atoms with Crippen LogP contribution in [-0.4, -0.2) is 26.3 Å². The smallest absolute Gasteiger partial charge is 0.244 e. The normalized spacial score (nSPS) is 9.76. The van der Waals surface area contributed by atoms with Crippen molar-refractivity contribution in [1.29, 1.82) is 0 Å². The van der Waals surface area contributed by atoms with Gasteiger partial charge in [0, 0.05) is 0 Å². The van der Waals surface area contributed by atoms with E-state index >= 15 is 0 Å². The van der Waals surface area contributed by atoms with Gasteiger partial charge in [0.25, 0.3) is 0 Å². The van der Waals surface area contributed by atoms with Crippen molar-refractivity contribution < 1.29 is 13.6 Å². The van der Waals surface area contributed by atoms with E-state index in [9.17, 15) is 18.4 Å². The highest BCUT2D eigenvalue weighted by atomic mass is 35.5. The predicted molar refractivity (Wildman–Crippen MR) is 86.1 cm³/mol. The van der Waals surface area contributed by atoms with Crippen LogP contribution in [0.5, 0.6) is 0 Å². The Balaban J connectivity index is 0.000000186. The van der Waals surface area contributed by atoms with E-state index in [1.54, 1.807) is 0 Å². The van der Waals surface area contributed by atoms with Gasteiger partial charge < -0.3 is 0 Å². The van der Waals surface area contributed by atoms with Gasteiger partial charge in [-0.15, -0.1) is 0 Å². The van der Waals surface area contributed by atoms with Crippen molar-refractivity contribution in [3.63, 3.8) is 0 Å². The summed E-state index contributed by atoms with van der Waals surface area (Å²) < 4.78 is 26.0. The van der Waals surface area contributed by atoms with Crippen LogP contribution in [0.3, 0.4) is 0 Å². The van der Waals surface area contributed by atoms with Crippen LogP contribution >= 0.6 is 23.2 Å². The molecule has 11 heteroatoms.